The minimum atomic E-state index is -1.56. The number of hydrogen-bond acceptors (Lipinski definition) is 4. The molecule has 1 atom stereocenters. The Morgan fingerprint density at radius 3 is 1.93 bits per heavy atom. The van der Waals surface area contributed by atoms with Crippen LogP contribution in [0.2, 0.25) is 0 Å². The molecule has 0 bridgehead atoms. The first-order chi connectivity index (χ1) is 20.8. The Hall–Kier alpha value is -4.20. The van der Waals surface area contributed by atoms with Crippen LogP contribution >= 0.6 is 0 Å². The first kappa shape index (κ1) is 28.9. The molecule has 0 spiro atoms. The molecule has 2 aliphatic heterocycles. The lowest BCUT2D eigenvalue weighted by atomic mass is 9.82. The van der Waals surface area contributed by atoms with Crippen LogP contribution in [0.3, 0.4) is 0 Å². The van der Waals surface area contributed by atoms with E-state index < -0.39 is 23.3 Å². The molecule has 0 saturated carbocycles. The van der Waals surface area contributed by atoms with Gasteiger partial charge in [0.25, 0.3) is 5.91 Å². The molecule has 220 valence electrons. The molecule has 7 heteroatoms. The standard InChI is InChI=1S/C36H35F2N3O2/c1-25-7-9-26(10-8-25)27-19-21-40(22-20-27)23-33(42)24-41-34(28-5-3-2-4-6-28)39-36(35(41)43,29-11-15-31(37)16-12-29)30-13-17-32(38)18-14-30/h2-18,27,33,42H,19-24H2,1H3. The summed E-state index contributed by atoms with van der Waals surface area (Å²) in [5.74, 6) is -0.334. The van der Waals surface area contributed by atoms with Crippen LogP contribution < -0.4 is 0 Å². The maximum Gasteiger partial charge on any atom is 0.265 e. The van der Waals surface area contributed by atoms with Gasteiger partial charge in [-0.15, -0.1) is 0 Å². The topological polar surface area (TPSA) is 56.1 Å². The van der Waals surface area contributed by atoms with E-state index in [1.54, 1.807) is 24.3 Å². The van der Waals surface area contributed by atoms with E-state index in [2.05, 4.69) is 36.1 Å². The molecule has 4 aromatic rings. The van der Waals surface area contributed by atoms with Crippen LogP contribution in [-0.4, -0.2) is 58.9 Å². The molecule has 6 rings (SSSR count). The van der Waals surface area contributed by atoms with E-state index in [0.717, 1.165) is 25.9 Å². The van der Waals surface area contributed by atoms with Crippen molar-refractivity contribution in [1.82, 2.24) is 9.80 Å². The number of nitrogens with zero attached hydrogens (tertiary/aromatic N) is 3. The van der Waals surface area contributed by atoms with Gasteiger partial charge in [0, 0.05) is 12.1 Å². The third-order valence-corrected chi connectivity index (χ3v) is 8.64. The first-order valence-corrected chi connectivity index (χ1v) is 14.8. The van der Waals surface area contributed by atoms with E-state index in [9.17, 15) is 18.7 Å². The van der Waals surface area contributed by atoms with Gasteiger partial charge in [-0.25, -0.2) is 13.8 Å². The number of aliphatic hydroxyl groups is 1. The number of β-amino-alcohol motifs (C(OH)–C–C–N with tert-alkyl or cyclic N) is 1. The summed E-state index contributed by atoms with van der Waals surface area (Å²) in [7, 11) is 0. The highest BCUT2D eigenvalue weighted by atomic mass is 19.1. The van der Waals surface area contributed by atoms with Crippen LogP contribution in [-0.2, 0) is 10.3 Å². The number of amides is 1. The molecule has 1 N–H and O–H groups in total. The monoisotopic (exact) mass is 579 g/mol. The lowest BCUT2D eigenvalue weighted by Crippen LogP contribution is -2.48. The highest BCUT2D eigenvalue weighted by molar-refractivity contribution is 6.16. The van der Waals surface area contributed by atoms with Crippen molar-refractivity contribution in [2.45, 2.75) is 37.3 Å². The van der Waals surface area contributed by atoms with E-state index in [1.807, 2.05) is 30.3 Å². The lowest BCUT2D eigenvalue weighted by Gasteiger charge is -2.34. The van der Waals surface area contributed by atoms with Crippen molar-refractivity contribution < 1.29 is 18.7 Å². The van der Waals surface area contributed by atoms with Gasteiger partial charge in [-0.05, 0) is 79.7 Å². The fourth-order valence-corrected chi connectivity index (χ4v) is 6.31. The molecule has 1 unspecified atom stereocenters. The van der Waals surface area contributed by atoms with E-state index >= 15 is 0 Å². The van der Waals surface area contributed by atoms with Gasteiger partial charge in [0.15, 0.2) is 5.54 Å². The van der Waals surface area contributed by atoms with E-state index in [1.165, 1.54) is 40.3 Å². The number of rotatable bonds is 8. The fraction of sp³-hybridized carbons (Fsp3) is 0.278. The number of likely N-dealkylation sites (tertiary alicyclic amines) is 1. The van der Waals surface area contributed by atoms with Crippen molar-refractivity contribution >= 4 is 11.7 Å². The molecule has 5 nitrogen and oxygen atoms in total. The Kier molecular flexibility index (Phi) is 8.19. The van der Waals surface area contributed by atoms with Crippen molar-refractivity contribution in [3.8, 4) is 0 Å². The molecule has 1 fully saturated rings. The third-order valence-electron chi connectivity index (χ3n) is 8.64. The number of carbonyl (C=O) groups excluding carboxylic acids is 1. The number of aryl methyl sites for hydroxylation is 1. The summed E-state index contributed by atoms with van der Waals surface area (Å²) in [5.41, 5.74) is 2.70. The summed E-state index contributed by atoms with van der Waals surface area (Å²) in [6.07, 6.45) is 1.19. The molecule has 2 aliphatic rings. The quantitative estimate of drug-likeness (QED) is 0.277. The number of halogens is 2. The molecule has 2 heterocycles. The van der Waals surface area contributed by atoms with Gasteiger partial charge in [0.05, 0.1) is 12.6 Å². The number of aliphatic hydroxyl groups excluding tert-OH is 1. The minimum absolute atomic E-state index is 0.0363. The number of piperidine rings is 1. The molecule has 1 amide bonds. The van der Waals surface area contributed by atoms with Crippen LogP contribution in [0, 0.1) is 18.6 Å². The molecule has 4 aromatic carbocycles. The normalized spacial score (nSPS) is 18.1. The Balaban J connectivity index is 1.27. The number of hydrogen-bond donors (Lipinski definition) is 1. The second kappa shape index (κ2) is 12.2. The maximum atomic E-state index is 14.5. The second-order valence-corrected chi connectivity index (χ2v) is 11.6. The average molecular weight is 580 g/mol. The van der Waals surface area contributed by atoms with Gasteiger partial charge in [-0.3, -0.25) is 9.69 Å². The van der Waals surface area contributed by atoms with Crippen LogP contribution in [0.5, 0.6) is 0 Å². The summed E-state index contributed by atoms with van der Waals surface area (Å²) in [6.45, 7) is 4.27. The SMILES string of the molecule is Cc1ccc(C2CCN(CC(O)CN3C(=O)C(c4ccc(F)cc4)(c4ccc(F)cc4)N=C3c3ccccc3)CC2)cc1. The van der Waals surface area contributed by atoms with Crippen molar-refractivity contribution in [2.24, 2.45) is 4.99 Å². The second-order valence-electron chi connectivity index (χ2n) is 11.6. The molecule has 43 heavy (non-hydrogen) atoms. The Morgan fingerprint density at radius 2 is 1.37 bits per heavy atom. The fourth-order valence-electron chi connectivity index (χ4n) is 6.31. The molecule has 1 saturated heterocycles. The summed E-state index contributed by atoms with van der Waals surface area (Å²) in [6, 6.07) is 29.4. The zero-order valence-electron chi connectivity index (χ0n) is 24.2. The highest BCUT2D eigenvalue weighted by Gasteiger charge is 2.51. The minimum Gasteiger partial charge on any atom is -0.390 e. The van der Waals surface area contributed by atoms with Gasteiger partial charge in [-0.2, -0.15) is 0 Å². The van der Waals surface area contributed by atoms with E-state index in [-0.39, 0.29) is 12.5 Å². The van der Waals surface area contributed by atoms with Crippen LogP contribution in [0.15, 0.2) is 108 Å². The molecular formula is C36H35F2N3O2. The predicted molar refractivity (Wildman–Crippen MR) is 164 cm³/mol. The van der Waals surface area contributed by atoms with Gasteiger partial charge in [-0.1, -0.05) is 84.4 Å². The van der Waals surface area contributed by atoms with Crippen molar-refractivity contribution in [2.75, 3.05) is 26.2 Å². The maximum absolute atomic E-state index is 14.5. The first-order valence-electron chi connectivity index (χ1n) is 14.8. The van der Waals surface area contributed by atoms with E-state index in [0.29, 0.717) is 35.0 Å². The van der Waals surface area contributed by atoms with Crippen molar-refractivity contribution in [1.29, 1.82) is 0 Å². The average Bonchev–Trinajstić information content (AvgIpc) is 3.31. The smallest absolute Gasteiger partial charge is 0.265 e. The number of benzene rings is 4. The van der Waals surface area contributed by atoms with Crippen LogP contribution in [0.25, 0.3) is 0 Å². The molecule has 0 radical (unpaired) electrons. The lowest BCUT2D eigenvalue weighted by molar-refractivity contribution is -0.131. The summed E-state index contributed by atoms with van der Waals surface area (Å²) in [5, 5.41) is 11.4. The molecule has 0 aromatic heterocycles. The predicted octanol–water partition coefficient (Wildman–Crippen LogP) is 6.05. The Labute approximate surface area is 251 Å². The van der Waals surface area contributed by atoms with Gasteiger partial charge < -0.3 is 10.0 Å². The number of amidine groups is 1. The zero-order valence-corrected chi connectivity index (χ0v) is 24.2. The molecule has 0 aliphatic carbocycles. The van der Waals surface area contributed by atoms with Gasteiger partial charge >= 0.3 is 0 Å². The summed E-state index contributed by atoms with van der Waals surface area (Å²) in [4.78, 5) is 23.3. The van der Waals surface area contributed by atoms with Crippen LogP contribution in [0.1, 0.15) is 46.6 Å². The van der Waals surface area contributed by atoms with Crippen molar-refractivity contribution in [3.05, 3.63) is 143 Å². The molecular weight excluding hydrogens is 544 g/mol. The Bertz CT molecular complexity index is 1540. The van der Waals surface area contributed by atoms with Crippen molar-refractivity contribution in [3.63, 3.8) is 0 Å². The third kappa shape index (κ3) is 5.88. The Morgan fingerprint density at radius 1 is 0.814 bits per heavy atom. The summed E-state index contributed by atoms with van der Waals surface area (Å²) < 4.78 is 28.0. The summed E-state index contributed by atoms with van der Waals surface area (Å²) >= 11 is 0. The number of aliphatic imine (C=N–C) groups is 1. The highest BCUT2D eigenvalue weighted by Crippen LogP contribution is 2.41. The number of carbonyl (C=O) groups is 1. The zero-order chi connectivity index (χ0) is 30.0. The van der Waals surface area contributed by atoms with Gasteiger partial charge in [0.1, 0.15) is 17.5 Å². The van der Waals surface area contributed by atoms with Crippen LogP contribution in [0.4, 0.5) is 8.78 Å². The largest absolute Gasteiger partial charge is 0.390 e. The van der Waals surface area contributed by atoms with Gasteiger partial charge in [0.2, 0.25) is 0 Å². The van der Waals surface area contributed by atoms with E-state index in [4.69, 9.17) is 4.99 Å².